The number of methoxy groups -OCH3 is 1. The minimum absolute atomic E-state index is 0.0615. The molecule has 0 saturated heterocycles. The van der Waals surface area contributed by atoms with Crippen molar-refractivity contribution in [1.29, 1.82) is 0 Å². The molecule has 2 rings (SSSR count). The van der Waals surface area contributed by atoms with Gasteiger partial charge in [0.15, 0.2) is 5.78 Å². The van der Waals surface area contributed by atoms with E-state index in [1.807, 2.05) is 35.7 Å². The number of rotatable bonds is 5. The molecule has 0 aliphatic heterocycles. The molecule has 0 N–H and O–H groups in total. The van der Waals surface area contributed by atoms with Crippen LogP contribution in [-0.4, -0.2) is 24.0 Å². The van der Waals surface area contributed by atoms with Crippen molar-refractivity contribution >= 4 is 17.1 Å². The maximum absolute atomic E-state index is 11.7. The molecule has 1 unspecified atom stereocenters. The first-order valence-corrected chi connectivity index (χ1v) is 6.64. The van der Waals surface area contributed by atoms with Crippen LogP contribution in [0.5, 0.6) is 0 Å². The van der Waals surface area contributed by atoms with E-state index in [-0.39, 0.29) is 11.9 Å². The van der Waals surface area contributed by atoms with E-state index in [1.165, 1.54) is 11.3 Å². The van der Waals surface area contributed by atoms with E-state index < -0.39 is 0 Å². The molecule has 0 radical (unpaired) electrons. The number of aromatic nitrogens is 1. The Hall–Kier alpha value is -1.52. The standard InChI is InChI=1S/C14H15NO2S/c1-10(17-2)13(16)8-14-15-12(9-18-14)11-6-4-3-5-7-11/h3-7,9-10H,8H2,1-2H3. The normalized spacial score (nSPS) is 12.3. The van der Waals surface area contributed by atoms with Crippen LogP contribution >= 0.6 is 11.3 Å². The minimum atomic E-state index is -0.367. The summed E-state index contributed by atoms with van der Waals surface area (Å²) in [4.78, 5) is 16.2. The van der Waals surface area contributed by atoms with Gasteiger partial charge in [-0.3, -0.25) is 4.79 Å². The Balaban J connectivity index is 2.10. The summed E-state index contributed by atoms with van der Waals surface area (Å²) in [7, 11) is 1.54. The van der Waals surface area contributed by atoms with Crippen LogP contribution in [0.3, 0.4) is 0 Å². The van der Waals surface area contributed by atoms with E-state index in [0.717, 1.165) is 16.3 Å². The SMILES string of the molecule is COC(C)C(=O)Cc1nc(-c2ccccc2)cs1. The van der Waals surface area contributed by atoms with Crippen molar-refractivity contribution in [2.24, 2.45) is 0 Å². The summed E-state index contributed by atoms with van der Waals surface area (Å²) >= 11 is 1.51. The van der Waals surface area contributed by atoms with Gasteiger partial charge in [0.05, 0.1) is 12.1 Å². The topological polar surface area (TPSA) is 39.2 Å². The van der Waals surface area contributed by atoms with Crippen molar-refractivity contribution in [1.82, 2.24) is 4.98 Å². The van der Waals surface area contributed by atoms with Gasteiger partial charge in [-0.25, -0.2) is 4.98 Å². The Labute approximate surface area is 110 Å². The summed E-state index contributed by atoms with van der Waals surface area (Å²) < 4.78 is 5.00. The van der Waals surface area contributed by atoms with Crippen LogP contribution in [0.15, 0.2) is 35.7 Å². The van der Waals surface area contributed by atoms with Crippen molar-refractivity contribution in [3.63, 3.8) is 0 Å². The second kappa shape index (κ2) is 5.89. The number of ketones is 1. The molecule has 0 aliphatic carbocycles. The van der Waals surface area contributed by atoms with Crippen LogP contribution in [0, 0.1) is 0 Å². The third-order valence-electron chi connectivity index (χ3n) is 2.75. The summed E-state index contributed by atoms with van der Waals surface area (Å²) in [5.41, 5.74) is 2.00. The van der Waals surface area contributed by atoms with Crippen molar-refractivity contribution in [2.45, 2.75) is 19.4 Å². The van der Waals surface area contributed by atoms with Gasteiger partial charge in [0.25, 0.3) is 0 Å². The molecule has 94 valence electrons. The van der Waals surface area contributed by atoms with Crippen LogP contribution in [0.25, 0.3) is 11.3 Å². The Morgan fingerprint density at radius 1 is 1.39 bits per heavy atom. The van der Waals surface area contributed by atoms with Crippen LogP contribution in [0.4, 0.5) is 0 Å². The average Bonchev–Trinajstić information content (AvgIpc) is 2.87. The first kappa shape index (κ1) is 12.9. The highest BCUT2D eigenvalue weighted by molar-refractivity contribution is 7.10. The number of carbonyl (C=O) groups excluding carboxylic acids is 1. The molecule has 0 fully saturated rings. The number of ether oxygens (including phenoxy) is 1. The van der Waals surface area contributed by atoms with Gasteiger partial charge in [-0.1, -0.05) is 30.3 Å². The Kier molecular flexibility index (Phi) is 4.23. The lowest BCUT2D eigenvalue weighted by molar-refractivity contribution is -0.127. The van der Waals surface area contributed by atoms with Gasteiger partial charge < -0.3 is 4.74 Å². The minimum Gasteiger partial charge on any atom is -0.374 e. The van der Waals surface area contributed by atoms with Gasteiger partial charge in [-0.2, -0.15) is 0 Å². The zero-order valence-electron chi connectivity index (χ0n) is 10.4. The number of thiazole rings is 1. The van der Waals surface area contributed by atoms with Gasteiger partial charge >= 0.3 is 0 Å². The molecule has 4 heteroatoms. The molecule has 1 aromatic heterocycles. The van der Waals surface area contributed by atoms with Gasteiger partial charge in [-0.15, -0.1) is 11.3 Å². The fourth-order valence-electron chi connectivity index (χ4n) is 1.56. The van der Waals surface area contributed by atoms with Crippen LogP contribution in [0.2, 0.25) is 0 Å². The van der Waals surface area contributed by atoms with Crippen molar-refractivity contribution in [3.05, 3.63) is 40.7 Å². The number of Topliss-reactive ketones (excluding diaryl/α,β-unsaturated/α-hetero) is 1. The van der Waals surface area contributed by atoms with Gasteiger partial charge in [0.1, 0.15) is 11.1 Å². The predicted octanol–water partition coefficient (Wildman–Crippen LogP) is 2.96. The lowest BCUT2D eigenvalue weighted by Gasteiger charge is -2.05. The number of carbonyl (C=O) groups is 1. The molecule has 1 atom stereocenters. The zero-order valence-corrected chi connectivity index (χ0v) is 11.2. The molecule has 0 saturated carbocycles. The first-order chi connectivity index (χ1) is 8.70. The summed E-state index contributed by atoms with van der Waals surface area (Å²) in [6, 6.07) is 9.95. The van der Waals surface area contributed by atoms with E-state index in [1.54, 1.807) is 14.0 Å². The molecule has 1 heterocycles. The average molecular weight is 261 g/mol. The first-order valence-electron chi connectivity index (χ1n) is 5.76. The fourth-order valence-corrected chi connectivity index (χ4v) is 2.37. The smallest absolute Gasteiger partial charge is 0.168 e. The molecule has 0 spiro atoms. The Morgan fingerprint density at radius 3 is 2.78 bits per heavy atom. The van der Waals surface area contributed by atoms with Gasteiger partial charge in [0, 0.05) is 18.1 Å². The molecule has 0 amide bonds. The van der Waals surface area contributed by atoms with Gasteiger partial charge in [0.2, 0.25) is 0 Å². The van der Waals surface area contributed by atoms with Crippen molar-refractivity contribution in [2.75, 3.05) is 7.11 Å². The van der Waals surface area contributed by atoms with Crippen LogP contribution < -0.4 is 0 Å². The maximum Gasteiger partial charge on any atom is 0.168 e. The highest BCUT2D eigenvalue weighted by Crippen LogP contribution is 2.22. The quantitative estimate of drug-likeness (QED) is 0.830. The number of hydrogen-bond donors (Lipinski definition) is 0. The van der Waals surface area contributed by atoms with Crippen molar-refractivity contribution < 1.29 is 9.53 Å². The molecule has 0 bridgehead atoms. The van der Waals surface area contributed by atoms with E-state index in [0.29, 0.717) is 6.42 Å². The molecule has 2 aromatic rings. The molecular weight excluding hydrogens is 246 g/mol. The largest absolute Gasteiger partial charge is 0.374 e. The summed E-state index contributed by atoms with van der Waals surface area (Å²) in [6.07, 6.45) is -0.0268. The number of benzene rings is 1. The third kappa shape index (κ3) is 3.03. The molecule has 3 nitrogen and oxygen atoms in total. The van der Waals surface area contributed by atoms with E-state index in [9.17, 15) is 4.79 Å². The summed E-state index contributed by atoms with van der Waals surface area (Å²) in [5, 5.41) is 2.82. The van der Waals surface area contributed by atoms with E-state index in [4.69, 9.17) is 4.74 Å². The molecule has 18 heavy (non-hydrogen) atoms. The van der Waals surface area contributed by atoms with Crippen molar-refractivity contribution in [3.8, 4) is 11.3 Å². The zero-order chi connectivity index (χ0) is 13.0. The third-order valence-corrected chi connectivity index (χ3v) is 3.60. The summed E-state index contributed by atoms with van der Waals surface area (Å²) in [5.74, 6) is 0.0615. The second-order valence-electron chi connectivity index (χ2n) is 4.01. The molecule has 1 aromatic carbocycles. The van der Waals surface area contributed by atoms with Crippen LogP contribution in [-0.2, 0) is 16.0 Å². The van der Waals surface area contributed by atoms with E-state index in [2.05, 4.69) is 4.98 Å². The molecule has 0 aliphatic rings. The van der Waals surface area contributed by atoms with E-state index >= 15 is 0 Å². The monoisotopic (exact) mass is 261 g/mol. The summed E-state index contributed by atoms with van der Waals surface area (Å²) in [6.45, 7) is 1.76. The number of nitrogens with zero attached hydrogens (tertiary/aromatic N) is 1. The lowest BCUT2D eigenvalue weighted by Crippen LogP contribution is -2.20. The highest BCUT2D eigenvalue weighted by Gasteiger charge is 2.14. The Bertz CT molecular complexity index is 522. The lowest BCUT2D eigenvalue weighted by atomic mass is 10.2. The second-order valence-corrected chi connectivity index (χ2v) is 4.96. The Morgan fingerprint density at radius 2 is 2.11 bits per heavy atom. The van der Waals surface area contributed by atoms with Crippen LogP contribution in [0.1, 0.15) is 11.9 Å². The fraction of sp³-hybridized carbons (Fsp3) is 0.286. The predicted molar refractivity (Wildman–Crippen MR) is 72.7 cm³/mol. The maximum atomic E-state index is 11.7. The van der Waals surface area contributed by atoms with Gasteiger partial charge in [-0.05, 0) is 6.92 Å². The number of hydrogen-bond acceptors (Lipinski definition) is 4. The highest BCUT2D eigenvalue weighted by atomic mass is 32.1. The molecular formula is C14H15NO2S.